The molecule has 1 atom stereocenters. The summed E-state index contributed by atoms with van der Waals surface area (Å²) in [6.07, 6.45) is 7.15. The van der Waals surface area contributed by atoms with E-state index in [1.807, 2.05) is 40.7 Å². The molecule has 0 radical (unpaired) electrons. The maximum atomic E-state index is 4.61. The molecule has 0 saturated carbocycles. The molecule has 0 spiro atoms. The van der Waals surface area contributed by atoms with E-state index < -0.39 is 0 Å². The largest absolute Gasteiger partial charge is 0.270 e. The Balaban J connectivity index is 1.60. The van der Waals surface area contributed by atoms with Gasteiger partial charge in [0.05, 0.1) is 17.9 Å². The highest BCUT2D eigenvalue weighted by Crippen LogP contribution is 2.26. The van der Waals surface area contributed by atoms with Crippen LogP contribution in [0.15, 0.2) is 43.0 Å². The zero-order valence-corrected chi connectivity index (χ0v) is 16.4. The van der Waals surface area contributed by atoms with Gasteiger partial charge in [-0.25, -0.2) is 14.6 Å². The molecule has 4 rings (SSSR count). The Morgan fingerprint density at radius 3 is 2.46 bits per heavy atom. The van der Waals surface area contributed by atoms with Crippen molar-refractivity contribution >= 4 is 0 Å². The van der Waals surface area contributed by atoms with Crippen LogP contribution in [0.1, 0.15) is 36.8 Å². The van der Waals surface area contributed by atoms with Crippen LogP contribution < -0.4 is 0 Å². The second-order valence-electron chi connectivity index (χ2n) is 6.67. The summed E-state index contributed by atoms with van der Waals surface area (Å²) in [5.41, 5.74) is 5.65. The maximum absolute atomic E-state index is 4.61. The molecule has 28 heavy (non-hydrogen) atoms. The van der Waals surface area contributed by atoms with Crippen molar-refractivity contribution in [1.29, 1.82) is 0 Å². The van der Waals surface area contributed by atoms with Gasteiger partial charge >= 0.3 is 0 Å². The van der Waals surface area contributed by atoms with Crippen molar-refractivity contribution in [2.75, 3.05) is 0 Å². The fraction of sp³-hybridized carbons (Fsp3) is 0.300. The van der Waals surface area contributed by atoms with Crippen LogP contribution in [0.4, 0.5) is 0 Å². The van der Waals surface area contributed by atoms with Crippen LogP contribution in [0.2, 0.25) is 0 Å². The molecule has 4 heterocycles. The van der Waals surface area contributed by atoms with Crippen molar-refractivity contribution in [1.82, 2.24) is 39.7 Å². The SMILES string of the molecule is CCn1nc(C)c(C(C)n2cc(-c3cnc(-c4ccccn4)nc3)nn2)c1C. The fourth-order valence-electron chi connectivity index (χ4n) is 3.44. The van der Waals surface area contributed by atoms with Crippen LogP contribution in [0.3, 0.4) is 0 Å². The zero-order chi connectivity index (χ0) is 19.7. The summed E-state index contributed by atoms with van der Waals surface area (Å²) in [4.78, 5) is 13.1. The van der Waals surface area contributed by atoms with Gasteiger partial charge < -0.3 is 0 Å². The van der Waals surface area contributed by atoms with E-state index >= 15 is 0 Å². The van der Waals surface area contributed by atoms with Crippen LogP contribution in [-0.2, 0) is 6.54 Å². The molecule has 142 valence electrons. The zero-order valence-electron chi connectivity index (χ0n) is 16.4. The molecule has 8 heteroatoms. The molecule has 0 aliphatic heterocycles. The lowest BCUT2D eigenvalue weighted by Gasteiger charge is -2.12. The van der Waals surface area contributed by atoms with E-state index in [2.05, 4.69) is 51.1 Å². The van der Waals surface area contributed by atoms with Gasteiger partial charge in [0.25, 0.3) is 0 Å². The van der Waals surface area contributed by atoms with Gasteiger partial charge in [0.1, 0.15) is 11.4 Å². The molecule has 0 aromatic carbocycles. The maximum Gasteiger partial charge on any atom is 0.178 e. The lowest BCUT2D eigenvalue weighted by Crippen LogP contribution is -2.10. The molecule has 0 N–H and O–H groups in total. The van der Waals surface area contributed by atoms with Gasteiger partial charge in [0.2, 0.25) is 0 Å². The third-order valence-electron chi connectivity index (χ3n) is 4.90. The van der Waals surface area contributed by atoms with Crippen LogP contribution in [0, 0.1) is 13.8 Å². The second kappa shape index (κ2) is 7.30. The van der Waals surface area contributed by atoms with Crippen LogP contribution in [0.5, 0.6) is 0 Å². The summed E-state index contributed by atoms with van der Waals surface area (Å²) < 4.78 is 3.88. The fourth-order valence-corrected chi connectivity index (χ4v) is 3.44. The predicted molar refractivity (Wildman–Crippen MR) is 105 cm³/mol. The standard InChI is InChI=1S/C20H22N8/c1-5-27-14(3)19(13(2)25-27)15(4)28-12-18(24-26-28)16-10-22-20(23-11-16)17-8-6-7-9-21-17/h6-12,15H,5H2,1-4H3. The van der Waals surface area contributed by atoms with E-state index in [1.54, 1.807) is 18.6 Å². The van der Waals surface area contributed by atoms with Gasteiger partial charge in [0, 0.05) is 42.0 Å². The summed E-state index contributed by atoms with van der Waals surface area (Å²) in [6.45, 7) is 9.18. The molecule has 0 aliphatic rings. The number of aryl methyl sites for hydroxylation is 2. The molecular formula is C20H22N8. The van der Waals surface area contributed by atoms with Crippen molar-refractivity contribution in [2.45, 2.75) is 40.3 Å². The first-order chi connectivity index (χ1) is 13.6. The van der Waals surface area contributed by atoms with Gasteiger partial charge in [-0.05, 0) is 39.8 Å². The van der Waals surface area contributed by atoms with E-state index in [4.69, 9.17) is 0 Å². The number of pyridine rings is 1. The van der Waals surface area contributed by atoms with Gasteiger partial charge in [0.15, 0.2) is 5.82 Å². The third kappa shape index (κ3) is 3.17. The summed E-state index contributed by atoms with van der Waals surface area (Å²) in [5, 5.41) is 13.2. The molecule has 0 aliphatic carbocycles. The lowest BCUT2D eigenvalue weighted by molar-refractivity contribution is 0.537. The van der Waals surface area contributed by atoms with Crippen molar-refractivity contribution in [3.8, 4) is 22.8 Å². The van der Waals surface area contributed by atoms with Gasteiger partial charge in [-0.2, -0.15) is 5.10 Å². The predicted octanol–water partition coefficient (Wildman–Crippen LogP) is 3.24. The average Bonchev–Trinajstić information content (AvgIpc) is 3.33. The number of hydrogen-bond acceptors (Lipinski definition) is 6. The Morgan fingerprint density at radius 2 is 1.82 bits per heavy atom. The number of hydrogen-bond donors (Lipinski definition) is 0. The summed E-state index contributed by atoms with van der Waals surface area (Å²) in [5.74, 6) is 0.586. The summed E-state index contributed by atoms with van der Waals surface area (Å²) in [7, 11) is 0. The molecule has 0 saturated heterocycles. The topological polar surface area (TPSA) is 87.2 Å². The molecule has 4 aromatic rings. The molecule has 1 unspecified atom stereocenters. The minimum absolute atomic E-state index is 0.0373. The Kier molecular flexibility index (Phi) is 4.68. The average molecular weight is 374 g/mol. The smallest absolute Gasteiger partial charge is 0.178 e. The van der Waals surface area contributed by atoms with Crippen molar-refractivity contribution in [2.24, 2.45) is 0 Å². The molecule has 0 fully saturated rings. The second-order valence-corrected chi connectivity index (χ2v) is 6.67. The third-order valence-corrected chi connectivity index (χ3v) is 4.90. The molecular weight excluding hydrogens is 352 g/mol. The lowest BCUT2D eigenvalue weighted by atomic mass is 10.1. The van der Waals surface area contributed by atoms with Crippen LogP contribution in [-0.4, -0.2) is 39.7 Å². The first-order valence-electron chi connectivity index (χ1n) is 9.28. The number of aromatic nitrogens is 8. The Hall–Kier alpha value is -3.42. The molecule has 0 bridgehead atoms. The van der Waals surface area contributed by atoms with Crippen LogP contribution >= 0.6 is 0 Å². The summed E-state index contributed by atoms with van der Waals surface area (Å²) in [6, 6.07) is 5.70. The van der Waals surface area contributed by atoms with E-state index in [1.165, 1.54) is 5.56 Å². The normalized spacial score (nSPS) is 12.3. The monoisotopic (exact) mass is 374 g/mol. The Bertz CT molecular complexity index is 1080. The van der Waals surface area contributed by atoms with Crippen molar-refractivity contribution < 1.29 is 0 Å². The number of rotatable bonds is 5. The minimum Gasteiger partial charge on any atom is -0.270 e. The van der Waals surface area contributed by atoms with Crippen molar-refractivity contribution in [3.63, 3.8) is 0 Å². The Labute approximate surface area is 163 Å². The molecule has 8 nitrogen and oxygen atoms in total. The van der Waals surface area contributed by atoms with E-state index in [0.717, 1.165) is 34.9 Å². The van der Waals surface area contributed by atoms with E-state index in [9.17, 15) is 0 Å². The highest BCUT2D eigenvalue weighted by molar-refractivity contribution is 5.57. The van der Waals surface area contributed by atoms with Crippen molar-refractivity contribution in [3.05, 3.63) is 59.9 Å². The molecule has 0 amide bonds. The molecule has 4 aromatic heterocycles. The first-order valence-corrected chi connectivity index (χ1v) is 9.28. The summed E-state index contributed by atoms with van der Waals surface area (Å²) >= 11 is 0. The minimum atomic E-state index is 0.0373. The van der Waals surface area contributed by atoms with E-state index in [-0.39, 0.29) is 6.04 Å². The highest BCUT2D eigenvalue weighted by Gasteiger charge is 2.20. The van der Waals surface area contributed by atoms with Gasteiger partial charge in [-0.3, -0.25) is 9.67 Å². The van der Waals surface area contributed by atoms with Crippen LogP contribution in [0.25, 0.3) is 22.8 Å². The Morgan fingerprint density at radius 1 is 1.04 bits per heavy atom. The first kappa shape index (κ1) is 18.0. The van der Waals surface area contributed by atoms with Gasteiger partial charge in [-0.15, -0.1) is 5.10 Å². The quantitative estimate of drug-likeness (QED) is 0.533. The highest BCUT2D eigenvalue weighted by atomic mass is 15.4. The van der Waals surface area contributed by atoms with Gasteiger partial charge in [-0.1, -0.05) is 11.3 Å². The number of nitrogens with zero attached hydrogens (tertiary/aromatic N) is 8. The van der Waals surface area contributed by atoms with E-state index in [0.29, 0.717) is 5.82 Å².